The van der Waals surface area contributed by atoms with E-state index in [0.29, 0.717) is 0 Å². The first-order valence-corrected chi connectivity index (χ1v) is 4.41. The molecule has 0 aliphatic rings. The molecule has 0 radical (unpaired) electrons. The van der Waals surface area contributed by atoms with Gasteiger partial charge in [0.15, 0.2) is 0 Å². The summed E-state index contributed by atoms with van der Waals surface area (Å²) in [6.07, 6.45) is 2.58. The molecule has 1 unspecified atom stereocenters. The van der Waals surface area contributed by atoms with E-state index in [1.807, 2.05) is 0 Å². The summed E-state index contributed by atoms with van der Waals surface area (Å²) < 4.78 is 2.39. The van der Waals surface area contributed by atoms with Crippen LogP contribution in [0.15, 0.2) is 0 Å². The van der Waals surface area contributed by atoms with Crippen LogP contribution in [-0.2, 0) is 0 Å². The molecule has 0 spiro atoms. The molecule has 0 N–H and O–H groups in total. The van der Waals surface area contributed by atoms with Crippen molar-refractivity contribution < 1.29 is 0 Å². The highest BCUT2D eigenvalue weighted by Gasteiger charge is 1.90. The molecule has 0 aromatic heterocycles. The Morgan fingerprint density at radius 2 is 2.00 bits per heavy atom. The molecule has 0 fully saturated rings. The van der Waals surface area contributed by atoms with Crippen molar-refractivity contribution in [1.82, 2.24) is 4.67 Å². The van der Waals surface area contributed by atoms with Crippen LogP contribution in [0.2, 0.25) is 0 Å². The van der Waals surface area contributed by atoms with Gasteiger partial charge in [-0.05, 0) is 19.6 Å². The minimum absolute atomic E-state index is 1.03. The SMILES string of the molecule is CCCN(C)PCC. The van der Waals surface area contributed by atoms with Crippen molar-refractivity contribution in [3.63, 3.8) is 0 Å². The second kappa shape index (κ2) is 5.53. The minimum Gasteiger partial charge on any atom is -0.288 e. The molecule has 0 aliphatic carbocycles. The molecule has 0 aliphatic heterocycles. The Balaban J connectivity index is 2.92. The van der Waals surface area contributed by atoms with Gasteiger partial charge in [0, 0.05) is 6.54 Å². The van der Waals surface area contributed by atoms with Crippen LogP contribution in [-0.4, -0.2) is 24.4 Å². The zero-order chi connectivity index (χ0) is 6.41. The van der Waals surface area contributed by atoms with Crippen LogP contribution in [0.5, 0.6) is 0 Å². The first-order chi connectivity index (χ1) is 3.81. The van der Waals surface area contributed by atoms with Crippen LogP contribution in [0.25, 0.3) is 0 Å². The first-order valence-electron chi connectivity index (χ1n) is 3.25. The monoisotopic (exact) mass is 133 g/mol. The van der Waals surface area contributed by atoms with E-state index < -0.39 is 0 Å². The maximum Gasteiger partial charge on any atom is 0.00129 e. The summed E-state index contributed by atoms with van der Waals surface area (Å²) in [5.41, 5.74) is 0. The van der Waals surface area contributed by atoms with Crippen LogP contribution in [0, 0.1) is 0 Å². The molecule has 0 aromatic rings. The maximum absolute atomic E-state index is 2.39. The van der Waals surface area contributed by atoms with Gasteiger partial charge in [-0.3, -0.25) is 4.67 Å². The minimum atomic E-state index is 1.03. The normalized spacial score (nSPS) is 12.0. The van der Waals surface area contributed by atoms with Crippen LogP contribution in [0.4, 0.5) is 0 Å². The number of nitrogens with zero attached hydrogens (tertiary/aromatic N) is 1. The Kier molecular flexibility index (Phi) is 5.79. The van der Waals surface area contributed by atoms with Gasteiger partial charge in [-0.2, -0.15) is 0 Å². The van der Waals surface area contributed by atoms with E-state index in [9.17, 15) is 0 Å². The lowest BCUT2D eigenvalue weighted by Gasteiger charge is -2.12. The van der Waals surface area contributed by atoms with Gasteiger partial charge >= 0.3 is 0 Å². The van der Waals surface area contributed by atoms with Crippen LogP contribution >= 0.6 is 8.73 Å². The molecule has 0 rings (SSSR count). The average molecular weight is 133 g/mol. The Hall–Kier alpha value is 0.390. The summed E-state index contributed by atoms with van der Waals surface area (Å²) in [5.74, 6) is 0. The van der Waals surface area contributed by atoms with Gasteiger partial charge in [-0.1, -0.05) is 22.6 Å². The third-order valence-electron chi connectivity index (χ3n) is 0.987. The fourth-order valence-electron chi connectivity index (χ4n) is 0.684. The molecule has 8 heavy (non-hydrogen) atoms. The van der Waals surface area contributed by atoms with E-state index in [1.165, 1.54) is 19.1 Å². The highest BCUT2D eigenvalue weighted by Crippen LogP contribution is 2.13. The van der Waals surface area contributed by atoms with Gasteiger partial charge in [0.1, 0.15) is 0 Å². The molecule has 2 heteroatoms. The van der Waals surface area contributed by atoms with Crippen molar-refractivity contribution >= 4 is 8.73 Å². The van der Waals surface area contributed by atoms with Gasteiger partial charge in [0.05, 0.1) is 0 Å². The number of hydrogen-bond donors (Lipinski definition) is 0. The Morgan fingerprint density at radius 1 is 1.38 bits per heavy atom. The summed E-state index contributed by atoms with van der Waals surface area (Å²) in [5, 5.41) is 0. The van der Waals surface area contributed by atoms with Crippen LogP contribution in [0.3, 0.4) is 0 Å². The van der Waals surface area contributed by atoms with Crippen LogP contribution in [0.1, 0.15) is 20.3 Å². The molecule has 0 saturated carbocycles. The highest BCUT2D eigenvalue weighted by molar-refractivity contribution is 7.35. The van der Waals surface area contributed by atoms with Crippen molar-refractivity contribution in [1.29, 1.82) is 0 Å². The average Bonchev–Trinajstić information content (AvgIpc) is 1.68. The Bertz CT molecular complexity index is 41.8. The lowest BCUT2D eigenvalue weighted by molar-refractivity contribution is 0.550. The van der Waals surface area contributed by atoms with E-state index in [1.54, 1.807) is 0 Å². The van der Waals surface area contributed by atoms with Gasteiger partial charge in [-0.15, -0.1) is 0 Å². The number of rotatable bonds is 4. The molecule has 1 nitrogen and oxygen atoms in total. The fraction of sp³-hybridized carbons (Fsp3) is 1.00. The van der Waals surface area contributed by atoms with Gasteiger partial charge in [-0.25, -0.2) is 0 Å². The summed E-state index contributed by atoms with van der Waals surface area (Å²) in [6, 6.07) is 0. The van der Waals surface area contributed by atoms with Crippen molar-refractivity contribution in [3.05, 3.63) is 0 Å². The standard InChI is InChI=1S/C6H16NP/c1-4-6-7(3)8-5-2/h8H,4-6H2,1-3H3. The maximum atomic E-state index is 2.39. The van der Waals surface area contributed by atoms with Crippen molar-refractivity contribution in [2.45, 2.75) is 20.3 Å². The zero-order valence-electron chi connectivity index (χ0n) is 6.07. The summed E-state index contributed by atoms with van der Waals surface area (Å²) in [7, 11) is 3.21. The van der Waals surface area contributed by atoms with E-state index in [0.717, 1.165) is 8.73 Å². The van der Waals surface area contributed by atoms with E-state index in [4.69, 9.17) is 0 Å². The molecular weight excluding hydrogens is 117 g/mol. The molecule has 0 bridgehead atoms. The van der Waals surface area contributed by atoms with Gasteiger partial charge in [0.2, 0.25) is 0 Å². The Labute approximate surface area is 54.3 Å². The lowest BCUT2D eigenvalue weighted by atomic mass is 10.5. The molecule has 0 aromatic carbocycles. The van der Waals surface area contributed by atoms with Crippen molar-refractivity contribution in [2.75, 3.05) is 19.8 Å². The van der Waals surface area contributed by atoms with Crippen molar-refractivity contribution in [3.8, 4) is 0 Å². The quantitative estimate of drug-likeness (QED) is 0.530. The topological polar surface area (TPSA) is 3.24 Å². The van der Waals surface area contributed by atoms with E-state index >= 15 is 0 Å². The third-order valence-corrected chi connectivity index (χ3v) is 2.07. The molecular formula is C6H16NP. The van der Waals surface area contributed by atoms with E-state index in [-0.39, 0.29) is 0 Å². The third kappa shape index (κ3) is 4.55. The van der Waals surface area contributed by atoms with E-state index in [2.05, 4.69) is 25.6 Å². The second-order valence-electron chi connectivity index (χ2n) is 1.93. The summed E-state index contributed by atoms with van der Waals surface area (Å²) in [6.45, 7) is 5.70. The van der Waals surface area contributed by atoms with Gasteiger partial charge < -0.3 is 0 Å². The summed E-state index contributed by atoms with van der Waals surface area (Å²) >= 11 is 0. The van der Waals surface area contributed by atoms with Crippen molar-refractivity contribution in [2.24, 2.45) is 0 Å². The van der Waals surface area contributed by atoms with Crippen LogP contribution < -0.4 is 0 Å². The lowest BCUT2D eigenvalue weighted by Crippen LogP contribution is -2.07. The predicted octanol–water partition coefficient (Wildman–Crippen LogP) is 1.94. The molecule has 0 amide bonds. The predicted molar refractivity (Wildman–Crippen MR) is 41.8 cm³/mol. The summed E-state index contributed by atoms with van der Waals surface area (Å²) in [4.78, 5) is 0. The fourth-order valence-corrected chi connectivity index (χ4v) is 1.61. The largest absolute Gasteiger partial charge is 0.288 e. The smallest absolute Gasteiger partial charge is 0.00129 e. The number of hydrogen-bond acceptors (Lipinski definition) is 1. The molecule has 0 saturated heterocycles. The first kappa shape index (κ1) is 8.39. The zero-order valence-corrected chi connectivity index (χ0v) is 7.07. The molecule has 50 valence electrons. The second-order valence-corrected chi connectivity index (χ2v) is 3.72. The molecule has 1 atom stereocenters. The molecule has 0 heterocycles. The highest BCUT2D eigenvalue weighted by atomic mass is 31.1. The van der Waals surface area contributed by atoms with Gasteiger partial charge in [0.25, 0.3) is 0 Å². The Morgan fingerprint density at radius 3 is 2.38 bits per heavy atom.